The molecule has 1 aliphatic rings. The van der Waals surface area contributed by atoms with Gasteiger partial charge in [-0.1, -0.05) is 54.6 Å². The number of benzene rings is 4. The number of methoxy groups -OCH3 is 1. The van der Waals surface area contributed by atoms with Crippen LogP contribution in [0.3, 0.4) is 0 Å². The van der Waals surface area contributed by atoms with E-state index < -0.39 is 0 Å². The quantitative estimate of drug-likeness (QED) is 0.228. The third kappa shape index (κ3) is 5.10. The topological polar surface area (TPSA) is 55.5 Å². The lowest BCUT2D eigenvalue weighted by atomic mass is 9.93. The number of ether oxygens (including phenoxy) is 3. The highest BCUT2D eigenvalue weighted by molar-refractivity contribution is 5.86. The first-order chi connectivity index (χ1) is 19.1. The van der Waals surface area contributed by atoms with Crippen LogP contribution in [-0.4, -0.2) is 18.6 Å². The van der Waals surface area contributed by atoms with Gasteiger partial charge in [0.15, 0.2) is 0 Å². The highest BCUT2D eigenvalue weighted by Crippen LogP contribution is 2.37. The molecule has 0 aliphatic carbocycles. The summed E-state index contributed by atoms with van der Waals surface area (Å²) in [5.41, 5.74) is 9.33. The van der Waals surface area contributed by atoms with Gasteiger partial charge in [0.1, 0.15) is 30.5 Å². The number of rotatable bonds is 8. The first kappa shape index (κ1) is 25.1. The Labute approximate surface area is 229 Å². The molecule has 39 heavy (non-hydrogen) atoms. The Kier molecular flexibility index (Phi) is 6.99. The molecular formula is C34H34N2O3. The van der Waals surface area contributed by atoms with Crippen LogP contribution in [0.15, 0.2) is 84.9 Å². The summed E-state index contributed by atoms with van der Waals surface area (Å²) in [4.78, 5) is 3.71. The van der Waals surface area contributed by atoms with Crippen molar-refractivity contribution in [3.8, 4) is 17.2 Å². The van der Waals surface area contributed by atoms with Crippen LogP contribution in [0, 0.1) is 13.8 Å². The molecule has 0 saturated heterocycles. The lowest BCUT2D eigenvalue weighted by molar-refractivity contribution is 0.292. The van der Waals surface area contributed by atoms with E-state index in [4.69, 9.17) is 14.2 Å². The van der Waals surface area contributed by atoms with E-state index in [0.717, 1.165) is 58.0 Å². The molecule has 0 amide bonds. The van der Waals surface area contributed by atoms with E-state index in [1.165, 1.54) is 22.2 Å². The fourth-order valence-electron chi connectivity index (χ4n) is 5.59. The Morgan fingerprint density at radius 3 is 2.44 bits per heavy atom. The van der Waals surface area contributed by atoms with E-state index in [1.54, 1.807) is 7.11 Å². The number of nitrogens with one attached hydrogen (secondary N) is 2. The second-order valence-electron chi connectivity index (χ2n) is 10.2. The molecule has 2 N–H and O–H groups in total. The van der Waals surface area contributed by atoms with Crippen molar-refractivity contribution in [3.63, 3.8) is 0 Å². The van der Waals surface area contributed by atoms with Crippen molar-refractivity contribution in [2.45, 2.75) is 39.5 Å². The summed E-state index contributed by atoms with van der Waals surface area (Å²) in [5.74, 6) is 2.65. The normalized spacial score (nSPS) is 14.7. The van der Waals surface area contributed by atoms with Crippen LogP contribution < -0.4 is 19.5 Å². The fourth-order valence-corrected chi connectivity index (χ4v) is 5.59. The van der Waals surface area contributed by atoms with Gasteiger partial charge >= 0.3 is 0 Å². The van der Waals surface area contributed by atoms with Gasteiger partial charge in [-0.15, -0.1) is 0 Å². The van der Waals surface area contributed by atoms with Crippen molar-refractivity contribution in [2.75, 3.05) is 13.7 Å². The van der Waals surface area contributed by atoms with Crippen LogP contribution >= 0.6 is 0 Å². The summed E-state index contributed by atoms with van der Waals surface area (Å²) in [5, 5.41) is 4.96. The standard InChI is InChI=1S/C34H34N2O3/c1-22-8-7-9-23(2)34(22)39-21-26-18-25(12-15-31(26)37-3)32-33-28(16-17-35-32)29-19-27(13-14-30(29)36-33)38-20-24-10-5-4-6-11-24/h4-15,18-19,32,35-36H,16-17,20-21H2,1-3H3/t32-/m1/s1. The maximum Gasteiger partial charge on any atom is 0.125 e. The molecule has 2 heterocycles. The highest BCUT2D eigenvalue weighted by Gasteiger charge is 2.26. The number of aromatic nitrogens is 1. The van der Waals surface area contributed by atoms with Crippen LogP contribution in [0.1, 0.15) is 45.1 Å². The summed E-state index contributed by atoms with van der Waals surface area (Å²) in [6.07, 6.45) is 0.965. The maximum atomic E-state index is 6.30. The van der Waals surface area contributed by atoms with E-state index >= 15 is 0 Å². The molecule has 0 unspecified atom stereocenters. The number of fused-ring (bicyclic) bond motifs is 3. The van der Waals surface area contributed by atoms with Gasteiger partial charge in [0.05, 0.1) is 13.2 Å². The van der Waals surface area contributed by atoms with Crippen LogP contribution in [0.5, 0.6) is 17.2 Å². The summed E-state index contributed by atoms with van der Waals surface area (Å²) < 4.78 is 18.1. The molecule has 1 aliphatic heterocycles. The average molecular weight is 519 g/mol. The zero-order chi connectivity index (χ0) is 26.8. The molecule has 0 spiro atoms. The summed E-state index contributed by atoms with van der Waals surface area (Å²) >= 11 is 0. The molecule has 0 saturated carbocycles. The van der Waals surface area contributed by atoms with E-state index in [9.17, 15) is 0 Å². The van der Waals surface area contributed by atoms with E-state index in [0.29, 0.717) is 13.2 Å². The van der Waals surface area contributed by atoms with Gasteiger partial charge in [0, 0.05) is 28.7 Å². The smallest absolute Gasteiger partial charge is 0.125 e. The minimum absolute atomic E-state index is 0.0553. The highest BCUT2D eigenvalue weighted by atomic mass is 16.5. The second-order valence-corrected chi connectivity index (χ2v) is 10.2. The van der Waals surface area contributed by atoms with Gasteiger partial charge in [-0.2, -0.15) is 0 Å². The zero-order valence-electron chi connectivity index (χ0n) is 22.7. The monoisotopic (exact) mass is 518 g/mol. The average Bonchev–Trinajstić information content (AvgIpc) is 3.34. The predicted octanol–water partition coefficient (Wildman–Crippen LogP) is 7.19. The number of H-pyrrole nitrogens is 1. The summed E-state index contributed by atoms with van der Waals surface area (Å²) in [6, 6.07) is 29.3. The SMILES string of the molecule is COc1ccc([C@H]2NCCc3c2[nH]c2ccc(OCc4ccccc4)cc32)cc1COc1c(C)cccc1C. The largest absolute Gasteiger partial charge is 0.496 e. The third-order valence-corrected chi connectivity index (χ3v) is 7.59. The molecule has 1 atom stereocenters. The Hall–Kier alpha value is -4.22. The summed E-state index contributed by atoms with van der Waals surface area (Å²) in [7, 11) is 1.71. The Morgan fingerprint density at radius 1 is 0.821 bits per heavy atom. The maximum absolute atomic E-state index is 6.30. The van der Waals surface area contributed by atoms with Gasteiger partial charge in [-0.25, -0.2) is 0 Å². The van der Waals surface area contributed by atoms with Gasteiger partial charge in [0.2, 0.25) is 0 Å². The molecule has 5 nitrogen and oxygen atoms in total. The Morgan fingerprint density at radius 2 is 1.64 bits per heavy atom. The first-order valence-electron chi connectivity index (χ1n) is 13.5. The number of hydrogen-bond donors (Lipinski definition) is 2. The van der Waals surface area contributed by atoms with Crippen molar-refractivity contribution < 1.29 is 14.2 Å². The van der Waals surface area contributed by atoms with Crippen LogP contribution in [-0.2, 0) is 19.6 Å². The molecule has 4 aromatic carbocycles. The molecule has 5 aromatic rings. The Balaban J connectivity index is 1.28. The molecule has 0 fully saturated rings. The molecule has 5 heteroatoms. The third-order valence-electron chi connectivity index (χ3n) is 7.59. The molecule has 0 bridgehead atoms. The number of aryl methyl sites for hydroxylation is 2. The second kappa shape index (κ2) is 10.9. The minimum Gasteiger partial charge on any atom is -0.496 e. The van der Waals surface area contributed by atoms with Crippen molar-refractivity contribution in [1.82, 2.24) is 10.3 Å². The molecular weight excluding hydrogens is 484 g/mol. The molecule has 6 rings (SSSR count). The van der Waals surface area contributed by atoms with Gasteiger partial charge in [-0.3, -0.25) is 0 Å². The van der Waals surface area contributed by atoms with Crippen molar-refractivity contribution in [2.24, 2.45) is 0 Å². The number of para-hydroxylation sites is 1. The van der Waals surface area contributed by atoms with Gasteiger partial charge in [0.25, 0.3) is 0 Å². The van der Waals surface area contributed by atoms with Gasteiger partial charge < -0.3 is 24.5 Å². The fraction of sp³-hybridized carbons (Fsp3) is 0.235. The lowest BCUT2D eigenvalue weighted by Crippen LogP contribution is -2.30. The first-order valence-corrected chi connectivity index (χ1v) is 13.5. The molecule has 1 aromatic heterocycles. The van der Waals surface area contributed by atoms with Crippen molar-refractivity contribution in [3.05, 3.63) is 124 Å². The van der Waals surface area contributed by atoms with E-state index in [2.05, 4.69) is 78.7 Å². The van der Waals surface area contributed by atoms with Crippen LogP contribution in [0.25, 0.3) is 10.9 Å². The summed E-state index contributed by atoms with van der Waals surface area (Å²) in [6.45, 7) is 6.06. The number of hydrogen-bond acceptors (Lipinski definition) is 4. The van der Waals surface area contributed by atoms with Crippen LogP contribution in [0.4, 0.5) is 0 Å². The molecule has 0 radical (unpaired) electrons. The lowest BCUT2D eigenvalue weighted by Gasteiger charge is -2.26. The van der Waals surface area contributed by atoms with E-state index in [-0.39, 0.29) is 6.04 Å². The predicted molar refractivity (Wildman–Crippen MR) is 156 cm³/mol. The van der Waals surface area contributed by atoms with Gasteiger partial charge in [-0.05, 0) is 78.4 Å². The molecule has 198 valence electrons. The Bertz CT molecular complexity index is 1590. The van der Waals surface area contributed by atoms with Crippen LogP contribution in [0.2, 0.25) is 0 Å². The van der Waals surface area contributed by atoms with Crippen molar-refractivity contribution >= 4 is 10.9 Å². The zero-order valence-corrected chi connectivity index (χ0v) is 22.7. The van der Waals surface area contributed by atoms with E-state index in [1.807, 2.05) is 30.3 Å². The van der Waals surface area contributed by atoms with Crippen molar-refractivity contribution in [1.29, 1.82) is 0 Å². The number of aromatic amines is 1. The minimum atomic E-state index is 0.0553.